The van der Waals surface area contributed by atoms with Crippen LogP contribution in [-0.4, -0.2) is 13.0 Å². The highest BCUT2D eigenvalue weighted by Gasteiger charge is 2.00. The summed E-state index contributed by atoms with van der Waals surface area (Å²) >= 11 is 2.18. The van der Waals surface area contributed by atoms with Gasteiger partial charge >= 0.3 is 0 Å². The number of rotatable bonds is 1. The molecule has 2 nitrogen and oxygen atoms in total. The zero-order valence-electron chi connectivity index (χ0n) is 8.10. The van der Waals surface area contributed by atoms with Crippen molar-refractivity contribution in [1.82, 2.24) is 5.32 Å². The third-order valence-corrected chi connectivity index (χ3v) is 1.98. The highest BCUT2D eigenvalue weighted by Crippen LogP contribution is 2.06. The summed E-state index contributed by atoms with van der Waals surface area (Å²) in [6, 6.07) is 7.46. The van der Waals surface area contributed by atoms with Crippen molar-refractivity contribution < 1.29 is 4.79 Å². The number of nitrogens with one attached hydrogen (secondary N) is 1. The molecule has 0 atom stereocenters. The summed E-state index contributed by atoms with van der Waals surface area (Å²) in [7, 11) is 1.63. The lowest BCUT2D eigenvalue weighted by Crippen LogP contribution is -2.17. The molecule has 13 heavy (non-hydrogen) atoms. The maximum atomic E-state index is 11.1. The molecule has 1 aromatic rings. The Labute approximate surface area is 92.9 Å². The van der Waals surface area contributed by atoms with Crippen LogP contribution in [0.5, 0.6) is 0 Å². The van der Waals surface area contributed by atoms with Crippen molar-refractivity contribution in [3.63, 3.8) is 0 Å². The highest BCUT2D eigenvalue weighted by molar-refractivity contribution is 14.1. The fourth-order valence-corrected chi connectivity index (χ4v) is 1.32. The maximum absolute atomic E-state index is 11.1. The summed E-state index contributed by atoms with van der Waals surface area (Å²) in [4.78, 5) is 11.1. The minimum Gasteiger partial charge on any atom is -0.355 e. The van der Waals surface area contributed by atoms with Gasteiger partial charge in [0.05, 0.1) is 0 Å². The molecule has 0 spiro atoms. The quantitative estimate of drug-likeness (QED) is 0.792. The van der Waals surface area contributed by atoms with Crippen LogP contribution in [0, 0.1) is 3.57 Å². The molecule has 1 rings (SSSR count). The summed E-state index contributed by atoms with van der Waals surface area (Å²) in [5.41, 5.74) is 0.708. The summed E-state index contributed by atoms with van der Waals surface area (Å²) in [6.45, 7) is 4.00. The van der Waals surface area contributed by atoms with Crippen LogP contribution in [0.25, 0.3) is 0 Å². The topological polar surface area (TPSA) is 29.1 Å². The Morgan fingerprint density at radius 1 is 1.38 bits per heavy atom. The summed E-state index contributed by atoms with van der Waals surface area (Å²) in [6.07, 6.45) is 0. The average Bonchev–Trinajstić information content (AvgIpc) is 2.20. The lowest BCUT2D eigenvalue weighted by atomic mass is 10.2. The van der Waals surface area contributed by atoms with E-state index >= 15 is 0 Å². The van der Waals surface area contributed by atoms with Crippen LogP contribution < -0.4 is 5.32 Å². The molecule has 1 N–H and O–H groups in total. The molecular formula is C10H14INO. The van der Waals surface area contributed by atoms with Crippen LogP contribution in [-0.2, 0) is 0 Å². The Bertz CT molecular complexity index is 273. The summed E-state index contributed by atoms with van der Waals surface area (Å²) in [5, 5.41) is 2.57. The van der Waals surface area contributed by atoms with E-state index in [4.69, 9.17) is 0 Å². The first-order chi connectivity index (χ1) is 6.24. The van der Waals surface area contributed by atoms with Gasteiger partial charge in [0, 0.05) is 16.2 Å². The van der Waals surface area contributed by atoms with Crippen molar-refractivity contribution in [3.8, 4) is 0 Å². The molecule has 0 aliphatic carbocycles. The second-order valence-electron chi connectivity index (χ2n) is 2.09. The third kappa shape index (κ3) is 4.26. The molecule has 0 unspecified atom stereocenters. The molecule has 0 heterocycles. The van der Waals surface area contributed by atoms with Gasteiger partial charge in [-0.25, -0.2) is 0 Å². The smallest absolute Gasteiger partial charge is 0.251 e. The van der Waals surface area contributed by atoms with E-state index < -0.39 is 0 Å². The molecule has 0 aromatic heterocycles. The van der Waals surface area contributed by atoms with E-state index in [1.165, 1.54) is 0 Å². The van der Waals surface area contributed by atoms with Crippen molar-refractivity contribution >= 4 is 28.5 Å². The number of hydrogen-bond donors (Lipinski definition) is 1. The first-order valence-corrected chi connectivity index (χ1v) is 5.29. The molecule has 72 valence electrons. The van der Waals surface area contributed by atoms with Gasteiger partial charge in [-0.3, -0.25) is 4.79 Å². The van der Waals surface area contributed by atoms with E-state index in [2.05, 4.69) is 27.9 Å². The van der Waals surface area contributed by atoms with E-state index in [0.29, 0.717) is 5.56 Å². The number of hydrogen-bond acceptors (Lipinski definition) is 1. The Kier molecular flexibility index (Phi) is 6.58. The van der Waals surface area contributed by atoms with Crippen LogP contribution in [0.15, 0.2) is 24.3 Å². The number of benzene rings is 1. The van der Waals surface area contributed by atoms with Crippen molar-refractivity contribution in [2.75, 3.05) is 7.05 Å². The number of carbonyl (C=O) groups excluding carboxylic acids is 1. The Morgan fingerprint density at radius 2 is 2.00 bits per heavy atom. The van der Waals surface area contributed by atoms with Gasteiger partial charge in [-0.1, -0.05) is 19.9 Å². The monoisotopic (exact) mass is 291 g/mol. The van der Waals surface area contributed by atoms with Gasteiger partial charge in [0.15, 0.2) is 0 Å². The van der Waals surface area contributed by atoms with E-state index in [0.717, 1.165) is 3.57 Å². The Morgan fingerprint density at radius 3 is 2.46 bits per heavy atom. The van der Waals surface area contributed by atoms with Crippen LogP contribution in [0.1, 0.15) is 24.2 Å². The molecular weight excluding hydrogens is 277 g/mol. The largest absolute Gasteiger partial charge is 0.355 e. The zero-order valence-corrected chi connectivity index (χ0v) is 10.3. The normalized spacial score (nSPS) is 8.31. The summed E-state index contributed by atoms with van der Waals surface area (Å²) in [5.74, 6) is -0.0384. The van der Waals surface area contributed by atoms with Crippen LogP contribution >= 0.6 is 22.6 Å². The first kappa shape index (κ1) is 12.4. The van der Waals surface area contributed by atoms with Gasteiger partial charge in [-0.05, 0) is 40.8 Å². The van der Waals surface area contributed by atoms with Crippen LogP contribution in [0.2, 0.25) is 0 Å². The number of halogens is 1. The van der Waals surface area contributed by atoms with E-state index in [1.807, 2.05) is 32.0 Å². The third-order valence-electron chi connectivity index (χ3n) is 1.31. The average molecular weight is 291 g/mol. The fourth-order valence-electron chi connectivity index (χ4n) is 0.774. The molecule has 3 heteroatoms. The van der Waals surface area contributed by atoms with Gasteiger partial charge in [-0.15, -0.1) is 0 Å². The molecule has 0 bridgehead atoms. The number of amides is 1. The van der Waals surface area contributed by atoms with Gasteiger partial charge in [0.25, 0.3) is 5.91 Å². The minimum atomic E-state index is -0.0384. The summed E-state index contributed by atoms with van der Waals surface area (Å²) < 4.78 is 1.07. The molecule has 0 aliphatic rings. The Hall–Kier alpha value is -0.580. The predicted molar refractivity (Wildman–Crippen MR) is 63.9 cm³/mol. The van der Waals surface area contributed by atoms with Crippen molar-refractivity contribution in [3.05, 3.63) is 33.4 Å². The fraction of sp³-hybridized carbons (Fsp3) is 0.300. The lowest BCUT2D eigenvalue weighted by molar-refractivity contribution is 0.0963. The lowest BCUT2D eigenvalue weighted by Gasteiger charge is -1.98. The van der Waals surface area contributed by atoms with Crippen LogP contribution in [0.3, 0.4) is 0 Å². The zero-order chi connectivity index (χ0) is 10.3. The van der Waals surface area contributed by atoms with Crippen molar-refractivity contribution in [1.29, 1.82) is 0 Å². The van der Waals surface area contributed by atoms with Gasteiger partial charge < -0.3 is 5.32 Å². The highest BCUT2D eigenvalue weighted by atomic mass is 127. The Balaban J connectivity index is 0.000000671. The molecule has 1 aromatic carbocycles. The van der Waals surface area contributed by atoms with Gasteiger partial charge in [0.2, 0.25) is 0 Å². The van der Waals surface area contributed by atoms with E-state index in [9.17, 15) is 4.79 Å². The van der Waals surface area contributed by atoms with Gasteiger partial charge in [-0.2, -0.15) is 0 Å². The minimum absolute atomic E-state index is 0.0384. The van der Waals surface area contributed by atoms with Crippen molar-refractivity contribution in [2.24, 2.45) is 0 Å². The standard InChI is InChI=1S/C8H8INO.C2H6/c1-10-8(11)6-3-2-4-7(9)5-6;1-2/h2-5H,1H3,(H,10,11);1-2H3. The molecule has 0 fully saturated rings. The first-order valence-electron chi connectivity index (χ1n) is 4.21. The second kappa shape index (κ2) is 6.88. The maximum Gasteiger partial charge on any atom is 0.251 e. The molecule has 0 radical (unpaired) electrons. The molecule has 0 saturated carbocycles. The molecule has 0 saturated heterocycles. The van der Waals surface area contributed by atoms with Crippen molar-refractivity contribution in [2.45, 2.75) is 13.8 Å². The van der Waals surface area contributed by atoms with E-state index in [-0.39, 0.29) is 5.91 Å². The van der Waals surface area contributed by atoms with Gasteiger partial charge in [0.1, 0.15) is 0 Å². The number of carbonyl (C=O) groups is 1. The predicted octanol–water partition coefficient (Wildman–Crippen LogP) is 2.68. The SMILES string of the molecule is CC.CNC(=O)c1cccc(I)c1. The second-order valence-corrected chi connectivity index (χ2v) is 3.34. The van der Waals surface area contributed by atoms with Crippen LogP contribution in [0.4, 0.5) is 0 Å². The molecule has 0 aliphatic heterocycles. The van der Waals surface area contributed by atoms with E-state index in [1.54, 1.807) is 13.1 Å². The molecule has 1 amide bonds.